The molecule has 0 bridgehead atoms. The van der Waals surface area contributed by atoms with Gasteiger partial charge in [0.25, 0.3) is 5.89 Å². The Hall–Kier alpha value is -2.22. The van der Waals surface area contributed by atoms with Crippen molar-refractivity contribution < 1.29 is 19.4 Å². The van der Waals surface area contributed by atoms with E-state index in [-0.39, 0.29) is 13.2 Å². The third-order valence-electron chi connectivity index (χ3n) is 5.32. The van der Waals surface area contributed by atoms with Gasteiger partial charge in [-0.2, -0.15) is 0 Å². The van der Waals surface area contributed by atoms with Crippen LogP contribution in [0.25, 0.3) is 22.2 Å². The number of aliphatic hydroxyl groups excluding tert-OH is 2. The van der Waals surface area contributed by atoms with Crippen molar-refractivity contribution in [1.29, 1.82) is 0 Å². The van der Waals surface area contributed by atoms with E-state index in [4.69, 9.17) is 14.3 Å². The summed E-state index contributed by atoms with van der Waals surface area (Å²) in [6, 6.07) is 3.94. The Labute approximate surface area is 187 Å². The lowest BCUT2D eigenvalue weighted by molar-refractivity contribution is 0.0531. The molecule has 0 saturated carbocycles. The lowest BCUT2D eigenvalue weighted by atomic mass is 9.99. The second kappa shape index (κ2) is 9.94. The molecule has 0 aliphatic heterocycles. The Kier molecular flexibility index (Phi) is 7.51. The molecule has 2 N–H and O–H groups in total. The smallest absolute Gasteiger partial charge is 0.258 e. The van der Waals surface area contributed by atoms with E-state index in [1.807, 2.05) is 26.0 Å². The SMILES string of the molecule is CCc1cc(-c2nnc(-c3sc(C)c(CC(C)C)c3C)o2)cc(C)c1OCC(O)CO. The van der Waals surface area contributed by atoms with Crippen LogP contribution in [-0.2, 0) is 12.8 Å². The summed E-state index contributed by atoms with van der Waals surface area (Å²) in [4.78, 5) is 2.34. The van der Waals surface area contributed by atoms with E-state index in [0.717, 1.165) is 40.2 Å². The third-order valence-corrected chi connectivity index (χ3v) is 6.55. The van der Waals surface area contributed by atoms with E-state index in [2.05, 4.69) is 37.9 Å². The molecule has 0 radical (unpaired) electrons. The van der Waals surface area contributed by atoms with Gasteiger partial charge in [-0.3, -0.25) is 0 Å². The minimum atomic E-state index is -0.902. The number of hydrogen-bond acceptors (Lipinski definition) is 7. The van der Waals surface area contributed by atoms with Crippen molar-refractivity contribution >= 4 is 11.3 Å². The monoisotopic (exact) mass is 444 g/mol. The number of hydrogen-bond donors (Lipinski definition) is 2. The first kappa shape index (κ1) is 23.4. The molecule has 1 atom stereocenters. The molecule has 7 heteroatoms. The highest BCUT2D eigenvalue weighted by atomic mass is 32.1. The van der Waals surface area contributed by atoms with Crippen LogP contribution in [0, 0.1) is 26.7 Å². The largest absolute Gasteiger partial charge is 0.490 e. The lowest BCUT2D eigenvalue weighted by Crippen LogP contribution is -2.22. The third kappa shape index (κ3) is 5.17. The molecule has 0 amide bonds. The summed E-state index contributed by atoms with van der Waals surface area (Å²) in [7, 11) is 0. The van der Waals surface area contributed by atoms with Crippen LogP contribution in [0.15, 0.2) is 16.5 Å². The molecule has 168 valence electrons. The average Bonchev–Trinajstić information content (AvgIpc) is 3.32. The molecule has 0 aliphatic rings. The second-order valence-corrected chi connectivity index (χ2v) is 9.61. The van der Waals surface area contributed by atoms with E-state index < -0.39 is 6.10 Å². The van der Waals surface area contributed by atoms with Crippen LogP contribution in [0.3, 0.4) is 0 Å². The second-order valence-electron chi connectivity index (χ2n) is 8.38. The summed E-state index contributed by atoms with van der Waals surface area (Å²) in [5.74, 6) is 2.35. The fourth-order valence-electron chi connectivity index (χ4n) is 3.70. The van der Waals surface area contributed by atoms with E-state index in [1.165, 1.54) is 16.0 Å². The van der Waals surface area contributed by atoms with Crippen molar-refractivity contribution in [3.05, 3.63) is 39.3 Å². The zero-order chi connectivity index (χ0) is 22.7. The quantitative estimate of drug-likeness (QED) is 0.489. The first-order valence-corrected chi connectivity index (χ1v) is 11.5. The molecule has 0 saturated heterocycles. The molecule has 0 spiro atoms. The molecule has 2 heterocycles. The molecular weight excluding hydrogens is 412 g/mol. The minimum Gasteiger partial charge on any atom is -0.490 e. The molecule has 3 rings (SSSR count). The number of aromatic nitrogens is 2. The number of nitrogens with zero attached hydrogens (tertiary/aromatic N) is 2. The summed E-state index contributed by atoms with van der Waals surface area (Å²) in [6.07, 6.45) is 0.892. The minimum absolute atomic E-state index is 0.0457. The van der Waals surface area contributed by atoms with Crippen LogP contribution >= 0.6 is 11.3 Å². The van der Waals surface area contributed by atoms with E-state index in [1.54, 1.807) is 11.3 Å². The predicted octanol–water partition coefficient (Wildman–Crippen LogP) is 4.88. The van der Waals surface area contributed by atoms with Gasteiger partial charge in [-0.05, 0) is 73.9 Å². The topological polar surface area (TPSA) is 88.6 Å². The number of thiophene rings is 1. The summed E-state index contributed by atoms with van der Waals surface area (Å²) in [5.41, 5.74) is 5.36. The molecule has 1 unspecified atom stereocenters. The van der Waals surface area contributed by atoms with E-state index in [0.29, 0.717) is 17.7 Å². The fourth-order valence-corrected chi connectivity index (χ4v) is 4.82. The molecule has 0 aliphatic carbocycles. The summed E-state index contributed by atoms with van der Waals surface area (Å²) >= 11 is 1.71. The van der Waals surface area contributed by atoms with Crippen molar-refractivity contribution in [3.63, 3.8) is 0 Å². The molecule has 6 nitrogen and oxygen atoms in total. The lowest BCUT2D eigenvalue weighted by Gasteiger charge is -2.16. The standard InChI is InChI=1S/C24H32N2O4S/c1-7-17-10-18(9-14(4)21(17)29-12-19(28)11-27)23-25-26-24(30-23)22-15(5)20(8-13(2)3)16(6)31-22/h9-10,13,19,27-28H,7-8,11-12H2,1-6H3. The Morgan fingerprint density at radius 1 is 1.13 bits per heavy atom. The van der Waals surface area contributed by atoms with Crippen molar-refractivity contribution in [2.45, 2.75) is 60.5 Å². The highest BCUT2D eigenvalue weighted by Crippen LogP contribution is 2.38. The molecule has 0 fully saturated rings. The highest BCUT2D eigenvalue weighted by molar-refractivity contribution is 7.15. The van der Waals surface area contributed by atoms with Crippen LogP contribution < -0.4 is 4.74 Å². The molecular formula is C24H32N2O4S. The highest BCUT2D eigenvalue weighted by Gasteiger charge is 2.20. The van der Waals surface area contributed by atoms with Crippen LogP contribution in [0.1, 0.15) is 47.9 Å². The maximum Gasteiger partial charge on any atom is 0.258 e. The van der Waals surface area contributed by atoms with Crippen LogP contribution in [-0.4, -0.2) is 39.7 Å². The van der Waals surface area contributed by atoms with E-state index >= 15 is 0 Å². The van der Waals surface area contributed by atoms with Gasteiger partial charge in [-0.25, -0.2) is 0 Å². The summed E-state index contributed by atoms with van der Waals surface area (Å²) in [6.45, 7) is 12.5. The zero-order valence-electron chi connectivity index (χ0n) is 19.2. The van der Waals surface area contributed by atoms with Crippen molar-refractivity contribution in [3.8, 4) is 28.0 Å². The van der Waals surface area contributed by atoms with Gasteiger partial charge in [0.15, 0.2) is 0 Å². The Morgan fingerprint density at radius 3 is 2.48 bits per heavy atom. The van der Waals surface area contributed by atoms with E-state index in [9.17, 15) is 5.11 Å². The predicted molar refractivity (Wildman–Crippen MR) is 124 cm³/mol. The molecule has 3 aromatic rings. The first-order chi connectivity index (χ1) is 14.7. The Balaban J connectivity index is 1.92. The molecule has 2 aromatic heterocycles. The fraction of sp³-hybridized carbons (Fsp3) is 0.500. The normalized spacial score (nSPS) is 12.5. The number of ether oxygens (including phenoxy) is 1. The summed E-state index contributed by atoms with van der Waals surface area (Å²) < 4.78 is 11.9. The number of aryl methyl sites for hydroxylation is 3. The van der Waals surface area contributed by atoms with Crippen LogP contribution in [0.5, 0.6) is 5.75 Å². The zero-order valence-corrected chi connectivity index (χ0v) is 20.0. The maximum absolute atomic E-state index is 9.60. The van der Waals surface area contributed by atoms with Gasteiger partial charge in [-0.15, -0.1) is 21.5 Å². The van der Waals surface area contributed by atoms with Crippen molar-refractivity contribution in [1.82, 2.24) is 10.2 Å². The van der Waals surface area contributed by atoms with Gasteiger partial charge in [-0.1, -0.05) is 20.8 Å². The van der Waals surface area contributed by atoms with Gasteiger partial charge in [0.1, 0.15) is 18.5 Å². The van der Waals surface area contributed by atoms with Gasteiger partial charge in [0, 0.05) is 10.4 Å². The number of rotatable bonds is 9. The van der Waals surface area contributed by atoms with Gasteiger partial charge < -0.3 is 19.4 Å². The summed E-state index contributed by atoms with van der Waals surface area (Å²) in [5, 5.41) is 27.3. The van der Waals surface area contributed by atoms with Crippen molar-refractivity contribution in [2.75, 3.05) is 13.2 Å². The van der Waals surface area contributed by atoms with Gasteiger partial charge in [0.2, 0.25) is 5.89 Å². The Morgan fingerprint density at radius 2 is 1.84 bits per heavy atom. The van der Waals surface area contributed by atoms with Crippen LogP contribution in [0.2, 0.25) is 0 Å². The number of benzene rings is 1. The first-order valence-electron chi connectivity index (χ1n) is 10.7. The number of aliphatic hydroxyl groups is 2. The van der Waals surface area contributed by atoms with Crippen LogP contribution in [0.4, 0.5) is 0 Å². The average molecular weight is 445 g/mol. The van der Waals surface area contributed by atoms with Crippen molar-refractivity contribution in [2.24, 2.45) is 5.92 Å². The van der Waals surface area contributed by atoms with Gasteiger partial charge >= 0.3 is 0 Å². The molecule has 31 heavy (non-hydrogen) atoms. The van der Waals surface area contributed by atoms with Gasteiger partial charge in [0.05, 0.1) is 11.5 Å². The Bertz CT molecular complexity index is 1040. The molecule has 1 aromatic carbocycles. The maximum atomic E-state index is 9.60.